The van der Waals surface area contributed by atoms with Crippen LogP contribution >= 0.6 is 11.6 Å². The summed E-state index contributed by atoms with van der Waals surface area (Å²) in [5.74, 6) is -1.47. The van der Waals surface area contributed by atoms with Gasteiger partial charge in [-0.2, -0.15) is 5.10 Å². The number of carbonyl (C=O) groups is 1. The Hall–Kier alpha value is -3.75. The van der Waals surface area contributed by atoms with E-state index in [1.165, 1.54) is 0 Å². The van der Waals surface area contributed by atoms with Gasteiger partial charge in [-0.15, -0.1) is 0 Å². The van der Waals surface area contributed by atoms with Gasteiger partial charge in [0.15, 0.2) is 0 Å². The largest absolute Gasteiger partial charge is 0.351 e. The van der Waals surface area contributed by atoms with E-state index in [0.29, 0.717) is 30.2 Å². The summed E-state index contributed by atoms with van der Waals surface area (Å²) in [6, 6.07) is 12.8. The number of para-hydroxylation sites is 1. The Balaban J connectivity index is 1.65. The molecule has 3 N–H and O–H groups in total. The lowest BCUT2D eigenvalue weighted by atomic mass is 9.98. The van der Waals surface area contributed by atoms with Crippen LogP contribution in [-0.4, -0.2) is 27.3 Å². The molecule has 2 amide bonds. The first-order valence-electron chi connectivity index (χ1n) is 12.3. The van der Waals surface area contributed by atoms with Crippen LogP contribution in [0.1, 0.15) is 33.5 Å². The molecule has 1 aliphatic rings. The molecule has 3 aromatic carbocycles. The van der Waals surface area contributed by atoms with Gasteiger partial charge in [-0.25, -0.2) is 18.3 Å². The summed E-state index contributed by atoms with van der Waals surface area (Å²) in [6.45, 7) is 7.95. The van der Waals surface area contributed by atoms with Gasteiger partial charge in [0.1, 0.15) is 11.6 Å². The van der Waals surface area contributed by atoms with Crippen LogP contribution in [0.2, 0.25) is 5.02 Å². The number of halogens is 3. The maximum atomic E-state index is 15.6. The zero-order valence-corrected chi connectivity index (χ0v) is 22.2. The normalized spacial score (nSPS) is 13.4. The molecule has 38 heavy (non-hydrogen) atoms. The molecule has 0 spiro atoms. The van der Waals surface area contributed by atoms with E-state index < -0.39 is 17.7 Å². The van der Waals surface area contributed by atoms with Gasteiger partial charge in [-0.05, 0) is 61.2 Å². The Morgan fingerprint density at radius 2 is 1.79 bits per heavy atom. The molecule has 0 radical (unpaired) electrons. The zero-order valence-electron chi connectivity index (χ0n) is 21.4. The first-order valence-corrected chi connectivity index (χ1v) is 12.7. The number of primary amides is 1. The van der Waals surface area contributed by atoms with E-state index in [1.807, 2.05) is 57.2 Å². The number of anilines is 1. The van der Waals surface area contributed by atoms with Gasteiger partial charge in [-0.3, -0.25) is 4.90 Å². The lowest BCUT2D eigenvalue weighted by Crippen LogP contribution is -2.30. The highest BCUT2D eigenvalue weighted by atomic mass is 35.5. The van der Waals surface area contributed by atoms with Crippen LogP contribution in [0.4, 0.5) is 19.3 Å². The Labute approximate surface area is 225 Å². The zero-order chi connectivity index (χ0) is 27.1. The molecular weight excluding hydrogens is 508 g/mol. The summed E-state index contributed by atoms with van der Waals surface area (Å²) < 4.78 is 32.4. The van der Waals surface area contributed by atoms with Gasteiger partial charge in [-0.1, -0.05) is 35.9 Å². The number of nitrogens with one attached hydrogen (secondary N) is 1. The predicted octanol–water partition coefficient (Wildman–Crippen LogP) is 6.45. The van der Waals surface area contributed by atoms with Crippen LogP contribution in [0, 0.1) is 32.4 Å². The van der Waals surface area contributed by atoms with Crippen molar-refractivity contribution in [2.45, 2.75) is 40.3 Å². The van der Waals surface area contributed by atoms with Gasteiger partial charge in [0.05, 0.1) is 22.8 Å². The minimum absolute atomic E-state index is 0.0680. The summed E-state index contributed by atoms with van der Waals surface area (Å²) in [7, 11) is 0. The second kappa shape index (κ2) is 10.2. The number of nitrogens with zero attached hydrogens (tertiary/aromatic N) is 3. The van der Waals surface area contributed by atoms with Crippen molar-refractivity contribution >= 4 is 23.3 Å². The molecule has 1 aliphatic heterocycles. The number of benzene rings is 3. The fraction of sp³-hybridized carbons (Fsp3) is 0.241. The fourth-order valence-electron chi connectivity index (χ4n) is 5.18. The summed E-state index contributed by atoms with van der Waals surface area (Å²) >= 11 is 6.15. The van der Waals surface area contributed by atoms with Crippen molar-refractivity contribution in [1.29, 1.82) is 0 Å². The monoisotopic (exact) mass is 535 g/mol. The van der Waals surface area contributed by atoms with Crippen molar-refractivity contribution < 1.29 is 13.6 Å². The highest BCUT2D eigenvalue weighted by Gasteiger charge is 2.29. The molecule has 196 valence electrons. The third-order valence-electron chi connectivity index (χ3n) is 7.03. The molecule has 0 saturated carbocycles. The molecule has 2 heterocycles. The number of nitrogens with two attached hydrogens (primary N) is 1. The van der Waals surface area contributed by atoms with Crippen LogP contribution < -0.4 is 11.1 Å². The van der Waals surface area contributed by atoms with E-state index >= 15 is 8.78 Å². The number of urea groups is 1. The third-order valence-corrected chi connectivity index (χ3v) is 7.27. The summed E-state index contributed by atoms with van der Waals surface area (Å²) in [5, 5.41) is 7.76. The van der Waals surface area contributed by atoms with Gasteiger partial charge >= 0.3 is 6.03 Å². The standard InChI is InChI=1S/C29H28ClF2N5O/c1-16-5-4-6-17(2)27(16)37-28(21-12-24(32)26(13-23(21)31)34-29(33)38)22-15-36(10-9-25(22)35-37)14-19-7-8-20(30)11-18(19)3/h4-8,11-13H,9-10,14-15H2,1-3H3,(H3,33,34,38). The molecule has 0 atom stereocenters. The second-order valence-electron chi connectivity index (χ2n) is 9.76. The highest BCUT2D eigenvalue weighted by Crippen LogP contribution is 2.37. The molecule has 0 unspecified atom stereocenters. The number of hydrogen-bond acceptors (Lipinski definition) is 3. The smallest absolute Gasteiger partial charge is 0.316 e. The van der Waals surface area contributed by atoms with Crippen molar-refractivity contribution in [3.05, 3.63) is 98.7 Å². The minimum Gasteiger partial charge on any atom is -0.351 e. The SMILES string of the molecule is Cc1cc(Cl)ccc1CN1CCc2nn(-c3c(C)cccc3C)c(-c3cc(F)c(NC(N)=O)cc3F)c2C1. The van der Waals surface area contributed by atoms with E-state index in [0.717, 1.165) is 57.9 Å². The van der Waals surface area contributed by atoms with Crippen LogP contribution in [-0.2, 0) is 19.5 Å². The number of aryl methyl sites for hydroxylation is 3. The van der Waals surface area contributed by atoms with E-state index in [9.17, 15) is 4.79 Å². The molecule has 5 rings (SSSR count). The van der Waals surface area contributed by atoms with Crippen molar-refractivity contribution in [2.24, 2.45) is 5.73 Å². The first kappa shape index (κ1) is 25.9. The number of fused-ring (bicyclic) bond motifs is 1. The van der Waals surface area contributed by atoms with Crippen LogP contribution in [0.15, 0.2) is 48.5 Å². The molecule has 6 nitrogen and oxygen atoms in total. The van der Waals surface area contributed by atoms with Crippen LogP contribution in [0.5, 0.6) is 0 Å². The van der Waals surface area contributed by atoms with E-state index in [1.54, 1.807) is 4.68 Å². The summed E-state index contributed by atoms with van der Waals surface area (Å²) in [6.07, 6.45) is 0.665. The van der Waals surface area contributed by atoms with Crippen molar-refractivity contribution in [2.75, 3.05) is 11.9 Å². The van der Waals surface area contributed by atoms with E-state index in [4.69, 9.17) is 22.4 Å². The van der Waals surface area contributed by atoms with Crippen LogP contribution in [0.25, 0.3) is 16.9 Å². The topological polar surface area (TPSA) is 76.2 Å². The average Bonchev–Trinajstić information content (AvgIpc) is 3.20. The van der Waals surface area contributed by atoms with Gasteiger partial charge < -0.3 is 11.1 Å². The van der Waals surface area contributed by atoms with E-state index in [-0.39, 0.29) is 11.3 Å². The first-order chi connectivity index (χ1) is 18.1. The second-order valence-corrected chi connectivity index (χ2v) is 10.2. The van der Waals surface area contributed by atoms with Crippen molar-refractivity contribution in [3.63, 3.8) is 0 Å². The fourth-order valence-corrected chi connectivity index (χ4v) is 5.40. The molecule has 1 aromatic heterocycles. The molecular formula is C29H28ClF2N5O. The average molecular weight is 536 g/mol. The maximum Gasteiger partial charge on any atom is 0.316 e. The Morgan fingerprint density at radius 3 is 2.47 bits per heavy atom. The molecule has 4 aromatic rings. The Kier molecular flexibility index (Phi) is 6.94. The predicted molar refractivity (Wildman–Crippen MR) is 146 cm³/mol. The lowest BCUT2D eigenvalue weighted by molar-refractivity contribution is 0.244. The third kappa shape index (κ3) is 4.89. The highest BCUT2D eigenvalue weighted by molar-refractivity contribution is 6.30. The maximum absolute atomic E-state index is 15.6. The van der Waals surface area contributed by atoms with Crippen LogP contribution in [0.3, 0.4) is 0 Å². The van der Waals surface area contributed by atoms with Gasteiger partial charge in [0, 0.05) is 48.3 Å². The van der Waals surface area contributed by atoms with Crippen molar-refractivity contribution in [3.8, 4) is 16.9 Å². The molecule has 0 fully saturated rings. The number of amides is 2. The quantitative estimate of drug-likeness (QED) is 0.308. The Morgan fingerprint density at radius 1 is 1.05 bits per heavy atom. The van der Waals surface area contributed by atoms with Crippen molar-refractivity contribution in [1.82, 2.24) is 14.7 Å². The summed E-state index contributed by atoms with van der Waals surface area (Å²) in [4.78, 5) is 13.5. The van der Waals surface area contributed by atoms with E-state index in [2.05, 4.69) is 10.2 Å². The number of hydrogen-bond donors (Lipinski definition) is 2. The lowest BCUT2D eigenvalue weighted by Gasteiger charge is -2.27. The Bertz CT molecular complexity index is 1550. The number of carbonyl (C=O) groups excluding carboxylic acids is 1. The van der Waals surface area contributed by atoms with Gasteiger partial charge in [0.2, 0.25) is 0 Å². The molecule has 0 bridgehead atoms. The number of rotatable bonds is 5. The van der Waals surface area contributed by atoms with Gasteiger partial charge in [0.25, 0.3) is 0 Å². The minimum atomic E-state index is -0.970. The molecule has 0 aliphatic carbocycles. The molecule has 9 heteroatoms. The summed E-state index contributed by atoms with van der Waals surface area (Å²) in [5.41, 5.74) is 12.1. The number of aromatic nitrogens is 2. The molecule has 0 saturated heterocycles.